The predicted octanol–water partition coefficient (Wildman–Crippen LogP) is 4.31. The molecule has 3 unspecified atom stereocenters. The molecule has 0 bridgehead atoms. The zero-order valence-corrected chi connectivity index (χ0v) is 19.7. The van der Waals surface area contributed by atoms with E-state index >= 15 is 0 Å². The third-order valence-corrected chi connectivity index (χ3v) is 7.42. The maximum absolute atomic E-state index is 12.5. The number of carbonyl (C=O) groups is 3. The highest BCUT2D eigenvalue weighted by Crippen LogP contribution is 2.44. The van der Waals surface area contributed by atoms with E-state index in [-0.39, 0.29) is 36.9 Å². The number of aliphatic carboxylic acids is 1. The first-order chi connectivity index (χ1) is 16.3. The summed E-state index contributed by atoms with van der Waals surface area (Å²) < 4.78 is 5.61. The fourth-order valence-corrected chi connectivity index (χ4v) is 4.94. The van der Waals surface area contributed by atoms with Crippen LogP contribution in [0.2, 0.25) is 0 Å². The molecule has 0 spiro atoms. The van der Waals surface area contributed by atoms with E-state index in [1.54, 1.807) is 13.8 Å². The highest BCUT2D eigenvalue weighted by atomic mass is 16.5. The van der Waals surface area contributed by atoms with Crippen LogP contribution in [0.25, 0.3) is 11.1 Å². The van der Waals surface area contributed by atoms with Crippen LogP contribution in [-0.2, 0) is 14.3 Å². The van der Waals surface area contributed by atoms with Crippen molar-refractivity contribution in [2.45, 2.75) is 51.5 Å². The minimum Gasteiger partial charge on any atom is -0.481 e. The van der Waals surface area contributed by atoms with Crippen molar-refractivity contribution >= 4 is 18.0 Å². The number of alkyl carbamates (subject to hydrolysis) is 1. The Hall–Kier alpha value is -3.35. The molecule has 3 N–H and O–H groups in total. The van der Waals surface area contributed by atoms with E-state index in [4.69, 9.17) is 4.74 Å². The van der Waals surface area contributed by atoms with Crippen molar-refractivity contribution in [2.75, 3.05) is 13.2 Å². The summed E-state index contributed by atoms with van der Waals surface area (Å²) in [5, 5.41) is 15.1. The topological polar surface area (TPSA) is 105 Å². The number of nitrogens with one attached hydrogen (secondary N) is 2. The Kier molecular flexibility index (Phi) is 6.91. The van der Waals surface area contributed by atoms with Gasteiger partial charge in [0, 0.05) is 24.4 Å². The lowest BCUT2D eigenvalue weighted by Crippen LogP contribution is -2.42. The number of rotatable bonds is 8. The van der Waals surface area contributed by atoms with E-state index < -0.39 is 17.5 Å². The third kappa shape index (κ3) is 4.79. The minimum atomic E-state index is -0.979. The Balaban J connectivity index is 1.27. The van der Waals surface area contributed by atoms with Crippen molar-refractivity contribution in [3.8, 4) is 11.1 Å². The maximum atomic E-state index is 12.5. The van der Waals surface area contributed by atoms with Gasteiger partial charge in [0.25, 0.3) is 0 Å². The van der Waals surface area contributed by atoms with Gasteiger partial charge in [-0.3, -0.25) is 9.59 Å². The Morgan fingerprint density at radius 3 is 2.24 bits per heavy atom. The molecule has 0 aromatic heterocycles. The lowest BCUT2D eigenvalue weighted by atomic mass is 9.87. The van der Waals surface area contributed by atoms with E-state index in [1.807, 2.05) is 24.3 Å². The predicted molar refractivity (Wildman–Crippen MR) is 128 cm³/mol. The monoisotopic (exact) mass is 464 g/mol. The molecule has 4 rings (SSSR count). The van der Waals surface area contributed by atoms with Crippen LogP contribution < -0.4 is 10.6 Å². The summed E-state index contributed by atoms with van der Waals surface area (Å²) in [7, 11) is 0. The molecule has 180 valence electrons. The second kappa shape index (κ2) is 9.87. The fraction of sp³-hybridized carbons (Fsp3) is 0.444. The molecule has 2 aliphatic carbocycles. The Morgan fingerprint density at radius 1 is 1.03 bits per heavy atom. The number of carboxylic acid groups (broad SMARTS) is 1. The van der Waals surface area contributed by atoms with Crippen LogP contribution in [0.4, 0.5) is 4.79 Å². The van der Waals surface area contributed by atoms with Gasteiger partial charge in [-0.2, -0.15) is 0 Å². The molecule has 0 saturated heterocycles. The zero-order valence-electron chi connectivity index (χ0n) is 19.7. The van der Waals surface area contributed by atoms with Crippen molar-refractivity contribution in [3.05, 3.63) is 59.7 Å². The number of amides is 2. The number of fused-ring (bicyclic) bond motifs is 3. The second-order valence-electron chi connectivity index (χ2n) is 9.61. The molecule has 2 aromatic rings. The van der Waals surface area contributed by atoms with Gasteiger partial charge in [0.1, 0.15) is 6.61 Å². The summed E-state index contributed by atoms with van der Waals surface area (Å²) in [5.74, 6) is -1.31. The second-order valence-corrected chi connectivity index (χ2v) is 9.61. The van der Waals surface area contributed by atoms with Crippen LogP contribution >= 0.6 is 0 Å². The molecule has 1 fully saturated rings. The van der Waals surface area contributed by atoms with Gasteiger partial charge in [0.05, 0.1) is 5.41 Å². The van der Waals surface area contributed by atoms with Crippen LogP contribution in [-0.4, -0.2) is 42.3 Å². The van der Waals surface area contributed by atoms with Crippen LogP contribution in [0.15, 0.2) is 48.5 Å². The molecule has 2 aliphatic rings. The van der Waals surface area contributed by atoms with Crippen LogP contribution in [0.1, 0.15) is 56.6 Å². The van der Waals surface area contributed by atoms with Gasteiger partial charge >= 0.3 is 12.1 Å². The molecule has 2 aromatic carbocycles. The van der Waals surface area contributed by atoms with Crippen LogP contribution in [0.3, 0.4) is 0 Å². The minimum absolute atomic E-state index is 0.00219. The van der Waals surface area contributed by atoms with E-state index in [0.717, 1.165) is 11.1 Å². The fourth-order valence-electron chi connectivity index (χ4n) is 4.94. The van der Waals surface area contributed by atoms with Crippen molar-refractivity contribution < 1.29 is 24.2 Å². The number of carboxylic acids is 1. The van der Waals surface area contributed by atoms with Crippen LogP contribution in [0, 0.1) is 11.3 Å². The van der Waals surface area contributed by atoms with Gasteiger partial charge < -0.3 is 20.5 Å². The molecule has 2 amide bonds. The Labute approximate surface area is 199 Å². The molecule has 7 nitrogen and oxygen atoms in total. The van der Waals surface area contributed by atoms with Crippen molar-refractivity contribution in [1.29, 1.82) is 0 Å². The standard InChI is InChI=1S/C27H32N2O5/c1-3-27(2,25(31)32)16-28-24(30)17-12-13-18(14-17)29-26(33)34-15-23-21-10-6-4-8-19(21)20-9-5-7-11-22(20)23/h4-11,17-18,23H,3,12-16H2,1-2H3,(H,28,30)(H,29,33)(H,31,32). The highest BCUT2D eigenvalue weighted by Gasteiger charge is 2.35. The zero-order chi connectivity index (χ0) is 24.3. The summed E-state index contributed by atoms with van der Waals surface area (Å²) in [6.07, 6.45) is 1.81. The highest BCUT2D eigenvalue weighted by molar-refractivity contribution is 5.81. The van der Waals surface area contributed by atoms with E-state index in [9.17, 15) is 19.5 Å². The van der Waals surface area contributed by atoms with Gasteiger partial charge in [-0.15, -0.1) is 0 Å². The summed E-state index contributed by atoms with van der Waals surface area (Å²) >= 11 is 0. The van der Waals surface area contributed by atoms with Crippen molar-refractivity contribution in [1.82, 2.24) is 10.6 Å². The van der Waals surface area contributed by atoms with Crippen LogP contribution in [0.5, 0.6) is 0 Å². The summed E-state index contributed by atoms with van der Waals surface area (Å²) in [6.45, 7) is 3.77. The molecule has 1 saturated carbocycles. The van der Waals surface area contributed by atoms with E-state index in [0.29, 0.717) is 25.7 Å². The lowest BCUT2D eigenvalue weighted by Gasteiger charge is -2.24. The van der Waals surface area contributed by atoms with Gasteiger partial charge in [0.15, 0.2) is 0 Å². The van der Waals surface area contributed by atoms with E-state index in [1.165, 1.54) is 11.1 Å². The molecular weight excluding hydrogens is 432 g/mol. The number of hydrogen-bond acceptors (Lipinski definition) is 4. The number of ether oxygens (including phenoxy) is 1. The average molecular weight is 465 g/mol. The number of carbonyl (C=O) groups excluding carboxylic acids is 2. The Morgan fingerprint density at radius 2 is 1.65 bits per heavy atom. The largest absolute Gasteiger partial charge is 0.481 e. The maximum Gasteiger partial charge on any atom is 0.407 e. The first-order valence-corrected chi connectivity index (χ1v) is 11.9. The lowest BCUT2D eigenvalue weighted by molar-refractivity contribution is -0.148. The first-order valence-electron chi connectivity index (χ1n) is 11.9. The first kappa shape index (κ1) is 23.8. The molecular formula is C27H32N2O5. The summed E-state index contributed by atoms with van der Waals surface area (Å²) in [5.41, 5.74) is 3.70. The van der Waals surface area contributed by atoms with Gasteiger partial charge in [-0.25, -0.2) is 4.79 Å². The Bertz CT molecular complexity index is 1040. The molecule has 0 aliphatic heterocycles. The van der Waals surface area contributed by atoms with Gasteiger partial charge in [-0.1, -0.05) is 55.5 Å². The molecule has 0 heterocycles. The average Bonchev–Trinajstić information content (AvgIpc) is 3.43. The SMILES string of the molecule is CCC(C)(CNC(=O)C1CCC(NC(=O)OCC2c3ccccc3-c3ccccc32)C1)C(=O)O. The normalized spacial score (nSPS) is 20.6. The summed E-state index contributed by atoms with van der Waals surface area (Å²) in [4.78, 5) is 36.5. The summed E-state index contributed by atoms with van der Waals surface area (Å²) in [6, 6.07) is 16.2. The third-order valence-electron chi connectivity index (χ3n) is 7.42. The molecule has 0 radical (unpaired) electrons. The molecule has 3 atom stereocenters. The van der Waals surface area contributed by atoms with E-state index in [2.05, 4.69) is 34.9 Å². The smallest absolute Gasteiger partial charge is 0.407 e. The van der Waals surface area contributed by atoms with Crippen molar-refractivity contribution in [3.63, 3.8) is 0 Å². The van der Waals surface area contributed by atoms with Gasteiger partial charge in [0.2, 0.25) is 5.91 Å². The van der Waals surface area contributed by atoms with Crippen molar-refractivity contribution in [2.24, 2.45) is 11.3 Å². The number of hydrogen-bond donors (Lipinski definition) is 3. The number of benzene rings is 2. The quantitative estimate of drug-likeness (QED) is 0.540. The molecule has 7 heteroatoms. The van der Waals surface area contributed by atoms with Gasteiger partial charge in [-0.05, 0) is 54.9 Å². The molecule has 34 heavy (non-hydrogen) atoms.